The minimum absolute atomic E-state index is 0.136. The Morgan fingerprint density at radius 3 is 2.94 bits per heavy atom. The van der Waals surface area contributed by atoms with Crippen molar-refractivity contribution >= 4 is 11.4 Å². The Morgan fingerprint density at radius 1 is 1.50 bits per heavy atom. The van der Waals surface area contributed by atoms with E-state index in [0.29, 0.717) is 18.7 Å². The van der Waals surface area contributed by atoms with E-state index in [4.69, 9.17) is 0 Å². The molecule has 1 heterocycles. The topological polar surface area (TPSA) is 85.9 Å². The number of aromatic nitrogens is 3. The van der Waals surface area contributed by atoms with Gasteiger partial charge in [-0.3, -0.25) is 14.8 Å². The van der Waals surface area contributed by atoms with E-state index in [0.717, 1.165) is 5.69 Å². The third-order valence-corrected chi connectivity index (χ3v) is 2.54. The number of aryl methyl sites for hydroxylation is 1. The highest BCUT2D eigenvalue weighted by atomic mass is 16.6. The molecule has 0 atom stereocenters. The minimum Gasteiger partial charge on any atom is -0.383 e. The molecule has 0 fully saturated rings. The van der Waals surface area contributed by atoms with Crippen LogP contribution in [0.3, 0.4) is 0 Å². The lowest BCUT2D eigenvalue weighted by Gasteiger charge is -2.07. The smallest absolute Gasteiger partial charge is 0.272 e. The van der Waals surface area contributed by atoms with E-state index < -0.39 is 0 Å². The number of hydrogen-bond acceptors (Lipinski definition) is 5. The highest BCUT2D eigenvalue weighted by Crippen LogP contribution is 2.21. The van der Waals surface area contributed by atoms with Crippen molar-refractivity contribution in [1.82, 2.24) is 15.0 Å². The normalized spacial score (nSPS) is 10.3. The predicted molar refractivity (Wildman–Crippen MR) is 66.3 cm³/mol. The first kappa shape index (κ1) is 12.0. The maximum atomic E-state index is 10.7. The van der Waals surface area contributed by atoms with Crippen molar-refractivity contribution < 1.29 is 4.92 Å². The third-order valence-electron chi connectivity index (χ3n) is 2.54. The maximum absolute atomic E-state index is 10.7. The molecule has 1 N–H and O–H groups in total. The lowest BCUT2D eigenvalue weighted by atomic mass is 10.2. The summed E-state index contributed by atoms with van der Waals surface area (Å²) >= 11 is 0. The molecule has 2 rings (SSSR count). The van der Waals surface area contributed by atoms with Crippen LogP contribution in [0.2, 0.25) is 0 Å². The van der Waals surface area contributed by atoms with E-state index >= 15 is 0 Å². The largest absolute Gasteiger partial charge is 0.383 e. The summed E-state index contributed by atoms with van der Waals surface area (Å²) in [7, 11) is 0. The number of hydrogen-bond donors (Lipinski definition) is 1. The van der Waals surface area contributed by atoms with Crippen LogP contribution in [0.1, 0.15) is 5.56 Å². The van der Waals surface area contributed by atoms with Crippen molar-refractivity contribution in [3.8, 4) is 0 Å². The number of nitrogens with zero attached hydrogens (tertiary/aromatic N) is 4. The number of nitro benzene ring substituents is 1. The van der Waals surface area contributed by atoms with Crippen LogP contribution in [0.15, 0.2) is 30.6 Å². The molecule has 0 amide bonds. The monoisotopic (exact) mass is 247 g/mol. The van der Waals surface area contributed by atoms with E-state index in [9.17, 15) is 10.1 Å². The van der Waals surface area contributed by atoms with Gasteiger partial charge in [-0.1, -0.05) is 5.21 Å². The summed E-state index contributed by atoms with van der Waals surface area (Å²) < 4.78 is 1.71. The van der Waals surface area contributed by atoms with E-state index in [2.05, 4.69) is 15.6 Å². The van der Waals surface area contributed by atoms with Crippen LogP contribution in [0, 0.1) is 17.0 Å². The van der Waals surface area contributed by atoms with Gasteiger partial charge in [-0.25, -0.2) is 0 Å². The van der Waals surface area contributed by atoms with E-state index in [1.807, 2.05) is 0 Å². The molecule has 0 aliphatic carbocycles. The first-order valence-electron chi connectivity index (χ1n) is 5.50. The SMILES string of the molecule is Cc1cc(NCCn2ccnn2)ccc1[N+](=O)[O-]. The van der Waals surface area contributed by atoms with Gasteiger partial charge in [0.1, 0.15) is 0 Å². The summed E-state index contributed by atoms with van der Waals surface area (Å²) in [5.74, 6) is 0. The molecule has 1 aromatic heterocycles. The van der Waals surface area contributed by atoms with Crippen LogP contribution in [-0.4, -0.2) is 26.5 Å². The Bertz CT molecular complexity index is 538. The lowest BCUT2D eigenvalue weighted by molar-refractivity contribution is -0.385. The number of rotatable bonds is 5. The maximum Gasteiger partial charge on any atom is 0.272 e. The van der Waals surface area contributed by atoms with Gasteiger partial charge in [-0.2, -0.15) is 0 Å². The predicted octanol–water partition coefficient (Wildman–Crippen LogP) is 1.61. The molecule has 0 aliphatic heterocycles. The Hall–Kier alpha value is -2.44. The molecule has 7 heteroatoms. The van der Waals surface area contributed by atoms with E-state index in [1.165, 1.54) is 6.07 Å². The second-order valence-corrected chi connectivity index (χ2v) is 3.85. The van der Waals surface area contributed by atoms with Crippen LogP contribution in [0.4, 0.5) is 11.4 Å². The van der Waals surface area contributed by atoms with Gasteiger partial charge in [0.15, 0.2) is 0 Å². The van der Waals surface area contributed by atoms with E-state index in [-0.39, 0.29) is 10.6 Å². The van der Waals surface area contributed by atoms with Crippen molar-refractivity contribution in [2.45, 2.75) is 13.5 Å². The van der Waals surface area contributed by atoms with Crippen LogP contribution >= 0.6 is 0 Å². The number of nitrogens with one attached hydrogen (secondary N) is 1. The first-order valence-corrected chi connectivity index (χ1v) is 5.50. The molecule has 0 saturated carbocycles. The highest BCUT2D eigenvalue weighted by molar-refractivity contribution is 5.53. The summed E-state index contributed by atoms with van der Waals surface area (Å²) in [6, 6.07) is 4.97. The van der Waals surface area contributed by atoms with Gasteiger partial charge in [-0.05, 0) is 19.1 Å². The molecular weight excluding hydrogens is 234 g/mol. The van der Waals surface area contributed by atoms with Gasteiger partial charge in [0, 0.05) is 30.1 Å². The molecule has 2 aromatic rings. The zero-order valence-corrected chi connectivity index (χ0v) is 9.91. The molecule has 0 aliphatic rings. The lowest BCUT2D eigenvalue weighted by Crippen LogP contribution is -2.11. The number of nitro groups is 1. The van der Waals surface area contributed by atoms with Crippen LogP contribution in [0.25, 0.3) is 0 Å². The van der Waals surface area contributed by atoms with Crippen molar-refractivity contribution in [2.24, 2.45) is 0 Å². The van der Waals surface area contributed by atoms with Crippen molar-refractivity contribution in [1.29, 1.82) is 0 Å². The second-order valence-electron chi connectivity index (χ2n) is 3.85. The molecule has 1 aromatic carbocycles. The van der Waals surface area contributed by atoms with Crippen LogP contribution < -0.4 is 5.32 Å². The summed E-state index contributed by atoms with van der Waals surface area (Å²) in [6.07, 6.45) is 3.40. The zero-order chi connectivity index (χ0) is 13.0. The van der Waals surface area contributed by atoms with Gasteiger partial charge in [0.2, 0.25) is 0 Å². The Balaban J connectivity index is 1.94. The fraction of sp³-hybridized carbons (Fsp3) is 0.273. The second kappa shape index (κ2) is 5.26. The highest BCUT2D eigenvalue weighted by Gasteiger charge is 2.09. The zero-order valence-electron chi connectivity index (χ0n) is 9.91. The Labute approximate surface area is 104 Å². The molecule has 0 bridgehead atoms. The molecule has 7 nitrogen and oxygen atoms in total. The van der Waals surface area contributed by atoms with Crippen molar-refractivity contribution in [2.75, 3.05) is 11.9 Å². The van der Waals surface area contributed by atoms with Crippen LogP contribution in [-0.2, 0) is 6.54 Å². The average molecular weight is 247 g/mol. The molecule has 0 unspecified atom stereocenters. The van der Waals surface area contributed by atoms with Crippen LogP contribution in [0.5, 0.6) is 0 Å². The molecule has 0 radical (unpaired) electrons. The summed E-state index contributed by atoms with van der Waals surface area (Å²) in [5, 5.41) is 21.4. The van der Waals surface area contributed by atoms with Gasteiger partial charge in [-0.15, -0.1) is 5.10 Å². The molecule has 18 heavy (non-hydrogen) atoms. The Kier molecular flexibility index (Phi) is 3.52. The van der Waals surface area contributed by atoms with Crippen molar-refractivity contribution in [3.63, 3.8) is 0 Å². The summed E-state index contributed by atoms with van der Waals surface area (Å²) in [4.78, 5) is 10.3. The van der Waals surface area contributed by atoms with Crippen molar-refractivity contribution in [3.05, 3.63) is 46.3 Å². The molecule has 0 spiro atoms. The fourth-order valence-corrected chi connectivity index (χ4v) is 1.64. The Morgan fingerprint density at radius 2 is 2.33 bits per heavy atom. The van der Waals surface area contributed by atoms with Gasteiger partial charge in [0.25, 0.3) is 5.69 Å². The fourth-order valence-electron chi connectivity index (χ4n) is 1.64. The number of benzene rings is 1. The van der Waals surface area contributed by atoms with Gasteiger partial charge < -0.3 is 5.32 Å². The summed E-state index contributed by atoms with van der Waals surface area (Å²) in [5.41, 5.74) is 1.64. The standard InChI is InChI=1S/C11H13N5O2/c1-9-8-10(2-3-11(9)16(17)18)12-4-6-15-7-5-13-14-15/h2-3,5,7-8,12H,4,6H2,1H3. The van der Waals surface area contributed by atoms with Gasteiger partial charge in [0.05, 0.1) is 17.7 Å². The third kappa shape index (κ3) is 2.82. The number of anilines is 1. The van der Waals surface area contributed by atoms with E-state index in [1.54, 1.807) is 36.1 Å². The summed E-state index contributed by atoms with van der Waals surface area (Å²) in [6.45, 7) is 3.09. The van der Waals surface area contributed by atoms with Gasteiger partial charge >= 0.3 is 0 Å². The first-order chi connectivity index (χ1) is 8.66. The quantitative estimate of drug-likeness (QED) is 0.640. The minimum atomic E-state index is -0.380. The molecule has 94 valence electrons. The molecule has 0 saturated heterocycles. The molecular formula is C11H13N5O2. The average Bonchev–Trinajstić information content (AvgIpc) is 2.81.